The number of methoxy groups -OCH3 is 1. The summed E-state index contributed by atoms with van der Waals surface area (Å²) in [5, 5.41) is 18.3. The number of aliphatic hydroxyl groups excluding tert-OH is 1. The zero-order valence-electron chi connectivity index (χ0n) is 6.95. The van der Waals surface area contributed by atoms with Gasteiger partial charge in [-0.2, -0.15) is 0 Å². The molecule has 0 unspecified atom stereocenters. The average Bonchev–Trinajstić information content (AvgIpc) is 2.09. The summed E-state index contributed by atoms with van der Waals surface area (Å²) >= 11 is 0. The lowest BCUT2D eigenvalue weighted by atomic mass is 10.1. The number of phenolic OH excluding ortho intramolecular Hbond substituents is 1. The molecule has 66 valence electrons. The van der Waals surface area contributed by atoms with Gasteiger partial charge in [0, 0.05) is 12.7 Å². The van der Waals surface area contributed by atoms with E-state index in [2.05, 4.69) is 0 Å². The zero-order valence-corrected chi connectivity index (χ0v) is 6.95. The Labute approximate surface area is 71.2 Å². The molecule has 3 heteroatoms. The monoisotopic (exact) mass is 168 g/mol. The second-order valence-electron chi connectivity index (χ2n) is 2.51. The molecular weight excluding hydrogens is 156 g/mol. The summed E-state index contributed by atoms with van der Waals surface area (Å²) < 4.78 is 4.88. The lowest BCUT2D eigenvalue weighted by molar-refractivity contribution is 0.178. The highest BCUT2D eigenvalue weighted by Gasteiger charge is 2.05. The van der Waals surface area contributed by atoms with E-state index in [9.17, 15) is 5.11 Å². The van der Waals surface area contributed by atoms with Gasteiger partial charge >= 0.3 is 0 Å². The first-order valence-corrected chi connectivity index (χ1v) is 3.69. The number of aliphatic hydroxyl groups is 1. The quantitative estimate of drug-likeness (QED) is 0.708. The molecule has 3 nitrogen and oxygen atoms in total. The van der Waals surface area contributed by atoms with E-state index in [1.54, 1.807) is 25.3 Å². The van der Waals surface area contributed by atoms with Gasteiger partial charge in [-0.1, -0.05) is 12.1 Å². The predicted octanol–water partition coefficient (Wildman–Crippen LogP) is 1.03. The Bertz CT molecular complexity index is 258. The maximum absolute atomic E-state index is 9.36. The summed E-state index contributed by atoms with van der Waals surface area (Å²) in [5.74, 6) is 0.170. The molecule has 0 saturated carbocycles. The van der Waals surface area contributed by atoms with Crippen LogP contribution in [0.15, 0.2) is 18.2 Å². The Morgan fingerprint density at radius 2 is 2.17 bits per heavy atom. The van der Waals surface area contributed by atoms with Crippen molar-refractivity contribution in [2.75, 3.05) is 7.11 Å². The topological polar surface area (TPSA) is 49.7 Å². The standard InChI is InChI=1S/C9H12O3/c1-12-6-8-7(5-10)3-2-4-9(8)11/h2-4,10-11H,5-6H2,1H3. The van der Waals surface area contributed by atoms with Crippen molar-refractivity contribution < 1.29 is 14.9 Å². The van der Waals surface area contributed by atoms with Gasteiger partial charge in [-0.05, 0) is 11.6 Å². The molecule has 0 saturated heterocycles. The largest absolute Gasteiger partial charge is 0.508 e. The molecule has 0 atom stereocenters. The first-order chi connectivity index (χ1) is 5.79. The van der Waals surface area contributed by atoms with Crippen LogP contribution in [0.3, 0.4) is 0 Å². The van der Waals surface area contributed by atoms with Crippen molar-refractivity contribution in [1.82, 2.24) is 0 Å². The van der Waals surface area contributed by atoms with Crippen LogP contribution in [-0.2, 0) is 18.0 Å². The second kappa shape index (κ2) is 4.09. The van der Waals surface area contributed by atoms with E-state index in [0.29, 0.717) is 17.7 Å². The summed E-state index contributed by atoms with van der Waals surface area (Å²) in [4.78, 5) is 0. The van der Waals surface area contributed by atoms with Gasteiger partial charge in [-0.15, -0.1) is 0 Å². The molecule has 12 heavy (non-hydrogen) atoms. The molecule has 0 aliphatic carbocycles. The van der Waals surface area contributed by atoms with Crippen LogP contribution in [0.5, 0.6) is 5.75 Å². The fourth-order valence-electron chi connectivity index (χ4n) is 1.08. The minimum atomic E-state index is -0.0763. The number of aromatic hydroxyl groups is 1. The molecule has 0 amide bonds. The maximum Gasteiger partial charge on any atom is 0.121 e. The average molecular weight is 168 g/mol. The van der Waals surface area contributed by atoms with Gasteiger partial charge in [0.25, 0.3) is 0 Å². The van der Waals surface area contributed by atoms with Gasteiger partial charge in [0.05, 0.1) is 13.2 Å². The molecule has 0 bridgehead atoms. The Hall–Kier alpha value is -1.06. The number of ether oxygens (including phenoxy) is 1. The third-order valence-corrected chi connectivity index (χ3v) is 1.71. The molecule has 0 heterocycles. The van der Waals surface area contributed by atoms with Crippen LogP contribution < -0.4 is 0 Å². The van der Waals surface area contributed by atoms with Gasteiger partial charge < -0.3 is 14.9 Å². The lowest BCUT2D eigenvalue weighted by Gasteiger charge is -2.07. The highest BCUT2D eigenvalue weighted by molar-refractivity contribution is 5.38. The van der Waals surface area contributed by atoms with Gasteiger partial charge in [0.2, 0.25) is 0 Å². The molecule has 0 aromatic heterocycles. The molecule has 0 spiro atoms. The van der Waals surface area contributed by atoms with Crippen LogP contribution in [0.4, 0.5) is 0 Å². The summed E-state index contributed by atoms with van der Waals surface area (Å²) in [6, 6.07) is 5.03. The molecule has 0 fully saturated rings. The molecule has 0 aliphatic rings. The van der Waals surface area contributed by atoms with Gasteiger partial charge in [0.15, 0.2) is 0 Å². The third kappa shape index (κ3) is 1.75. The first kappa shape index (κ1) is 9.03. The van der Waals surface area contributed by atoms with Crippen molar-refractivity contribution >= 4 is 0 Å². The minimum absolute atomic E-state index is 0.0763. The lowest BCUT2D eigenvalue weighted by Crippen LogP contribution is -1.95. The molecular formula is C9H12O3. The SMILES string of the molecule is COCc1c(O)cccc1CO. The summed E-state index contributed by atoms with van der Waals surface area (Å²) in [6.07, 6.45) is 0. The van der Waals surface area contributed by atoms with Gasteiger partial charge in [-0.3, -0.25) is 0 Å². The molecule has 0 aliphatic heterocycles. The van der Waals surface area contributed by atoms with E-state index < -0.39 is 0 Å². The van der Waals surface area contributed by atoms with Crippen molar-refractivity contribution in [1.29, 1.82) is 0 Å². The molecule has 0 radical (unpaired) electrons. The number of rotatable bonds is 3. The number of benzene rings is 1. The smallest absolute Gasteiger partial charge is 0.121 e. The second-order valence-corrected chi connectivity index (χ2v) is 2.51. The van der Waals surface area contributed by atoms with Gasteiger partial charge in [-0.25, -0.2) is 0 Å². The predicted molar refractivity (Wildman–Crippen MR) is 44.7 cm³/mol. The van der Waals surface area contributed by atoms with Crippen LogP contribution in [0, 0.1) is 0 Å². The van der Waals surface area contributed by atoms with Crippen LogP contribution in [0.2, 0.25) is 0 Å². The van der Waals surface area contributed by atoms with Crippen LogP contribution >= 0.6 is 0 Å². The molecule has 2 N–H and O–H groups in total. The van der Waals surface area contributed by atoms with Crippen molar-refractivity contribution in [3.8, 4) is 5.75 Å². The maximum atomic E-state index is 9.36. The Balaban J connectivity index is 3.02. The number of hydrogen-bond donors (Lipinski definition) is 2. The van der Waals surface area contributed by atoms with Crippen molar-refractivity contribution in [3.05, 3.63) is 29.3 Å². The van der Waals surface area contributed by atoms with Crippen molar-refractivity contribution in [2.45, 2.75) is 13.2 Å². The van der Waals surface area contributed by atoms with E-state index in [-0.39, 0.29) is 12.4 Å². The van der Waals surface area contributed by atoms with E-state index >= 15 is 0 Å². The van der Waals surface area contributed by atoms with Crippen molar-refractivity contribution in [2.24, 2.45) is 0 Å². The summed E-state index contributed by atoms with van der Waals surface area (Å²) in [6.45, 7) is 0.246. The highest BCUT2D eigenvalue weighted by Crippen LogP contribution is 2.21. The van der Waals surface area contributed by atoms with Crippen LogP contribution in [0.25, 0.3) is 0 Å². The highest BCUT2D eigenvalue weighted by atomic mass is 16.5. The first-order valence-electron chi connectivity index (χ1n) is 3.69. The molecule has 1 aromatic carbocycles. The van der Waals surface area contributed by atoms with Crippen LogP contribution in [-0.4, -0.2) is 17.3 Å². The van der Waals surface area contributed by atoms with E-state index in [1.165, 1.54) is 0 Å². The number of hydrogen-bond acceptors (Lipinski definition) is 3. The van der Waals surface area contributed by atoms with Crippen LogP contribution in [0.1, 0.15) is 11.1 Å². The zero-order chi connectivity index (χ0) is 8.97. The van der Waals surface area contributed by atoms with E-state index in [4.69, 9.17) is 9.84 Å². The normalized spacial score (nSPS) is 10.2. The Morgan fingerprint density at radius 1 is 1.42 bits per heavy atom. The number of phenols is 1. The summed E-state index contributed by atoms with van der Waals surface area (Å²) in [5.41, 5.74) is 1.36. The summed E-state index contributed by atoms with van der Waals surface area (Å²) in [7, 11) is 1.55. The molecule has 1 aromatic rings. The Morgan fingerprint density at radius 3 is 2.75 bits per heavy atom. The molecule has 1 rings (SSSR count). The van der Waals surface area contributed by atoms with Gasteiger partial charge in [0.1, 0.15) is 5.75 Å². The third-order valence-electron chi connectivity index (χ3n) is 1.71. The fourth-order valence-corrected chi connectivity index (χ4v) is 1.08. The van der Waals surface area contributed by atoms with E-state index in [1.807, 2.05) is 0 Å². The minimum Gasteiger partial charge on any atom is -0.508 e. The van der Waals surface area contributed by atoms with Crippen molar-refractivity contribution in [3.63, 3.8) is 0 Å². The Kier molecular flexibility index (Phi) is 3.08. The fraction of sp³-hybridized carbons (Fsp3) is 0.333. The van der Waals surface area contributed by atoms with E-state index in [0.717, 1.165) is 0 Å².